The van der Waals surface area contributed by atoms with Gasteiger partial charge in [0.2, 0.25) is 5.91 Å². The molecule has 0 aliphatic rings. The third-order valence-corrected chi connectivity index (χ3v) is 5.09. The van der Waals surface area contributed by atoms with Crippen molar-refractivity contribution in [2.45, 2.75) is 13.0 Å². The summed E-state index contributed by atoms with van der Waals surface area (Å²) in [5.41, 5.74) is 2.55. The lowest BCUT2D eigenvalue weighted by atomic mass is 10.1. The molecule has 0 bridgehead atoms. The zero-order valence-electron chi connectivity index (χ0n) is 15.9. The number of H-pyrrole nitrogens is 1. The van der Waals surface area contributed by atoms with E-state index in [1.807, 2.05) is 6.07 Å². The molecule has 0 unspecified atom stereocenters. The first-order valence-electron chi connectivity index (χ1n) is 9.36. The number of nitrogens with one attached hydrogen (secondary N) is 2. The molecule has 152 valence electrons. The van der Waals surface area contributed by atoms with E-state index < -0.39 is 0 Å². The normalized spacial score (nSPS) is 11.0. The topological polar surface area (TPSA) is 79.8 Å². The predicted molar refractivity (Wildman–Crippen MR) is 114 cm³/mol. The van der Waals surface area contributed by atoms with Gasteiger partial charge in [0.05, 0.1) is 10.7 Å². The van der Waals surface area contributed by atoms with Gasteiger partial charge in [0, 0.05) is 35.3 Å². The van der Waals surface area contributed by atoms with Crippen LogP contribution in [-0.2, 0) is 17.8 Å². The van der Waals surface area contributed by atoms with Crippen molar-refractivity contribution < 1.29 is 9.18 Å². The molecule has 4 rings (SSSR count). The number of rotatable bonds is 6. The van der Waals surface area contributed by atoms with Crippen LogP contribution in [0.3, 0.4) is 0 Å². The molecule has 0 aliphatic carbocycles. The number of halogens is 2. The van der Waals surface area contributed by atoms with Crippen LogP contribution in [0.1, 0.15) is 5.56 Å². The fraction of sp³-hybridized carbons (Fsp3) is 0.136. The van der Waals surface area contributed by atoms with Crippen LogP contribution < -0.4 is 10.9 Å². The molecular formula is C22H18ClFN4O2. The zero-order chi connectivity index (χ0) is 21.1. The fourth-order valence-corrected chi connectivity index (χ4v) is 3.49. The fourth-order valence-electron chi connectivity index (χ4n) is 3.26. The van der Waals surface area contributed by atoms with Crippen molar-refractivity contribution in [1.29, 1.82) is 0 Å². The van der Waals surface area contributed by atoms with Gasteiger partial charge in [-0.3, -0.25) is 9.59 Å². The van der Waals surface area contributed by atoms with Crippen molar-refractivity contribution in [3.63, 3.8) is 0 Å². The number of carbonyl (C=O) groups excluding carboxylic acids is 1. The molecule has 0 radical (unpaired) electrons. The van der Waals surface area contributed by atoms with Gasteiger partial charge in [0.1, 0.15) is 12.4 Å². The Labute approximate surface area is 176 Å². The van der Waals surface area contributed by atoms with E-state index in [-0.39, 0.29) is 23.8 Å². The van der Waals surface area contributed by atoms with E-state index >= 15 is 0 Å². The van der Waals surface area contributed by atoms with Gasteiger partial charge >= 0.3 is 0 Å². The van der Waals surface area contributed by atoms with E-state index in [9.17, 15) is 14.0 Å². The Kier molecular flexibility index (Phi) is 5.63. The third-order valence-electron chi connectivity index (χ3n) is 4.76. The molecular weight excluding hydrogens is 407 g/mol. The Hall–Kier alpha value is -3.45. The summed E-state index contributed by atoms with van der Waals surface area (Å²) in [4.78, 5) is 27.5. The van der Waals surface area contributed by atoms with E-state index in [0.29, 0.717) is 29.2 Å². The summed E-state index contributed by atoms with van der Waals surface area (Å²) in [6, 6.07) is 14.6. The van der Waals surface area contributed by atoms with Crippen molar-refractivity contribution in [3.05, 3.63) is 87.6 Å². The molecule has 2 aromatic carbocycles. The molecule has 2 N–H and O–H groups in total. The SMILES string of the molecule is O=C(Cn1nc(-c2ccccc2Cl)ccc1=O)NCCc1c[nH]c2ccc(F)cc12. The quantitative estimate of drug-likeness (QED) is 0.497. The Morgan fingerprint density at radius 3 is 2.83 bits per heavy atom. The highest BCUT2D eigenvalue weighted by molar-refractivity contribution is 6.33. The molecule has 2 aromatic heterocycles. The lowest BCUT2D eigenvalue weighted by molar-refractivity contribution is -0.121. The number of carbonyl (C=O) groups is 1. The molecule has 0 saturated heterocycles. The van der Waals surface area contributed by atoms with Crippen LogP contribution >= 0.6 is 11.6 Å². The standard InChI is InChI=1S/C22H18ClFN4O2/c23-18-4-2-1-3-16(18)20-7-8-22(30)28(27-20)13-21(29)25-10-9-14-12-26-19-6-5-15(24)11-17(14)19/h1-8,11-12,26H,9-10,13H2,(H,25,29). The number of fused-ring (bicyclic) bond motifs is 1. The van der Waals surface area contributed by atoms with Gasteiger partial charge in [0.15, 0.2) is 0 Å². The second-order valence-corrected chi connectivity index (χ2v) is 7.21. The monoisotopic (exact) mass is 424 g/mol. The maximum absolute atomic E-state index is 13.5. The Morgan fingerprint density at radius 2 is 2.00 bits per heavy atom. The molecule has 0 atom stereocenters. The summed E-state index contributed by atoms with van der Waals surface area (Å²) in [6.07, 6.45) is 2.33. The van der Waals surface area contributed by atoms with Crippen LogP contribution in [0.4, 0.5) is 4.39 Å². The molecule has 6 nitrogen and oxygen atoms in total. The van der Waals surface area contributed by atoms with Gasteiger partial charge in [-0.25, -0.2) is 9.07 Å². The van der Waals surface area contributed by atoms with Crippen LogP contribution in [0.15, 0.2) is 65.6 Å². The molecule has 8 heteroatoms. The van der Waals surface area contributed by atoms with Crippen LogP contribution in [0.25, 0.3) is 22.2 Å². The van der Waals surface area contributed by atoms with E-state index in [2.05, 4.69) is 15.4 Å². The number of benzene rings is 2. The highest BCUT2D eigenvalue weighted by atomic mass is 35.5. The lowest BCUT2D eigenvalue weighted by Gasteiger charge is -2.09. The van der Waals surface area contributed by atoms with Crippen LogP contribution in [0.5, 0.6) is 0 Å². The van der Waals surface area contributed by atoms with E-state index in [1.165, 1.54) is 18.2 Å². The van der Waals surface area contributed by atoms with E-state index in [4.69, 9.17) is 11.6 Å². The van der Waals surface area contributed by atoms with Crippen LogP contribution in [0, 0.1) is 5.82 Å². The molecule has 2 heterocycles. The van der Waals surface area contributed by atoms with E-state index in [0.717, 1.165) is 21.1 Å². The zero-order valence-corrected chi connectivity index (χ0v) is 16.6. The van der Waals surface area contributed by atoms with Gasteiger partial charge in [0.25, 0.3) is 5.56 Å². The van der Waals surface area contributed by atoms with Crippen molar-refractivity contribution in [3.8, 4) is 11.3 Å². The van der Waals surface area contributed by atoms with Gasteiger partial charge in [-0.2, -0.15) is 5.10 Å². The predicted octanol–water partition coefficient (Wildman–Crippen LogP) is 3.54. The summed E-state index contributed by atoms with van der Waals surface area (Å²) in [5.74, 6) is -0.650. The largest absolute Gasteiger partial charge is 0.361 e. The molecule has 0 saturated carbocycles. The minimum absolute atomic E-state index is 0.209. The number of hydrogen-bond donors (Lipinski definition) is 2. The van der Waals surface area contributed by atoms with Crippen molar-refractivity contribution in [2.75, 3.05) is 6.54 Å². The average Bonchev–Trinajstić information content (AvgIpc) is 3.12. The minimum atomic E-state index is -0.381. The maximum atomic E-state index is 13.5. The van der Waals surface area contributed by atoms with Gasteiger partial charge in [-0.05, 0) is 42.3 Å². The first kappa shape index (κ1) is 19.8. The molecule has 0 spiro atoms. The number of hydrogen-bond acceptors (Lipinski definition) is 3. The lowest BCUT2D eigenvalue weighted by Crippen LogP contribution is -2.34. The summed E-state index contributed by atoms with van der Waals surface area (Å²) in [7, 11) is 0. The van der Waals surface area contributed by atoms with Crippen LogP contribution in [0.2, 0.25) is 5.02 Å². The van der Waals surface area contributed by atoms with Crippen molar-refractivity contribution in [2.24, 2.45) is 0 Å². The molecule has 4 aromatic rings. The van der Waals surface area contributed by atoms with Gasteiger partial charge in [-0.15, -0.1) is 0 Å². The number of aromatic amines is 1. The summed E-state index contributed by atoms with van der Waals surface area (Å²) in [5, 5.41) is 8.33. The van der Waals surface area contributed by atoms with Gasteiger partial charge in [-0.1, -0.05) is 29.8 Å². The Balaban J connectivity index is 1.41. The minimum Gasteiger partial charge on any atom is -0.361 e. The first-order chi connectivity index (χ1) is 14.5. The van der Waals surface area contributed by atoms with E-state index in [1.54, 1.807) is 36.5 Å². The Morgan fingerprint density at radius 1 is 1.17 bits per heavy atom. The molecule has 0 aliphatic heterocycles. The summed E-state index contributed by atoms with van der Waals surface area (Å²) in [6.45, 7) is 0.140. The Bertz CT molecular complexity index is 1280. The molecule has 1 amide bonds. The van der Waals surface area contributed by atoms with Crippen molar-refractivity contribution in [1.82, 2.24) is 20.1 Å². The number of nitrogens with zero attached hydrogens (tertiary/aromatic N) is 2. The highest BCUT2D eigenvalue weighted by Crippen LogP contribution is 2.24. The number of aromatic nitrogens is 3. The van der Waals surface area contributed by atoms with Crippen LogP contribution in [-0.4, -0.2) is 27.2 Å². The average molecular weight is 425 g/mol. The summed E-state index contributed by atoms with van der Waals surface area (Å²) >= 11 is 6.19. The smallest absolute Gasteiger partial charge is 0.267 e. The second kappa shape index (κ2) is 8.51. The highest BCUT2D eigenvalue weighted by Gasteiger charge is 2.10. The maximum Gasteiger partial charge on any atom is 0.267 e. The van der Waals surface area contributed by atoms with Gasteiger partial charge < -0.3 is 10.3 Å². The molecule has 0 fully saturated rings. The molecule has 30 heavy (non-hydrogen) atoms. The first-order valence-corrected chi connectivity index (χ1v) is 9.74. The summed E-state index contributed by atoms with van der Waals surface area (Å²) < 4.78 is 14.6. The second-order valence-electron chi connectivity index (χ2n) is 6.80. The number of amides is 1. The van der Waals surface area contributed by atoms with Crippen molar-refractivity contribution >= 4 is 28.4 Å². The third kappa shape index (κ3) is 4.26.